The molecule has 0 aliphatic carbocycles. The Morgan fingerprint density at radius 1 is 0.674 bits per heavy atom. The van der Waals surface area contributed by atoms with Crippen molar-refractivity contribution in [3.05, 3.63) is 119 Å². The number of allylic oxidation sites excluding steroid dienone is 1. The van der Waals surface area contributed by atoms with Gasteiger partial charge in [-0.3, -0.25) is 0 Å². The molecule has 0 aliphatic heterocycles. The summed E-state index contributed by atoms with van der Waals surface area (Å²) in [5, 5.41) is 12.3. The van der Waals surface area contributed by atoms with Gasteiger partial charge in [0, 0.05) is 25.2 Å². The van der Waals surface area contributed by atoms with E-state index in [1.807, 2.05) is 11.1 Å². The molecule has 2 atom stereocenters. The third kappa shape index (κ3) is 15.4. The van der Waals surface area contributed by atoms with Crippen LogP contribution < -0.4 is 10.6 Å². The third-order valence-corrected chi connectivity index (χ3v) is 8.97. The molecule has 0 radical (unpaired) electrons. The van der Waals surface area contributed by atoms with Crippen LogP contribution in [0.2, 0.25) is 39.3 Å². The van der Waals surface area contributed by atoms with Gasteiger partial charge in [0.1, 0.15) is 16.1 Å². The summed E-state index contributed by atoms with van der Waals surface area (Å²) >= 11 is 3.27. The lowest BCUT2D eigenvalue weighted by Crippen LogP contribution is -2.18. The number of nitrogens with one attached hydrogen (secondary N) is 2. The molecule has 4 rings (SSSR count). The van der Waals surface area contributed by atoms with Gasteiger partial charge in [-0.25, -0.2) is 0 Å². The zero-order valence-electron chi connectivity index (χ0n) is 28.4. The Morgan fingerprint density at radius 2 is 1.09 bits per heavy atom. The first kappa shape index (κ1) is 40.9. The molecule has 244 valence electrons. The Labute approximate surface area is 291 Å². The summed E-state index contributed by atoms with van der Waals surface area (Å²) in [5.74, 6) is 3.16. The molecule has 4 aromatic carbocycles. The first-order valence-electron chi connectivity index (χ1n) is 15.7. The highest BCUT2D eigenvalue weighted by Gasteiger charge is 2.09. The highest BCUT2D eigenvalue weighted by molar-refractivity contribution is 9.11. The van der Waals surface area contributed by atoms with Crippen molar-refractivity contribution in [2.45, 2.75) is 72.6 Å². The SMILES string of the molecule is C.C#C[Si](C)(C)C.C[C@@H](NC/C=C/Br)c1cccc2ccccc12.C[C@@H](NC/C=C/C#C[Si](C)(C)C)c1cccc2ccccc12. The normalized spacial score (nSPS) is 12.5. The van der Waals surface area contributed by atoms with Crippen LogP contribution in [0.3, 0.4) is 0 Å². The predicted octanol–water partition coefficient (Wildman–Crippen LogP) is 11.5. The molecular formula is C41H55BrN2Si2. The summed E-state index contributed by atoms with van der Waals surface area (Å²) in [6.07, 6.45) is 11.3. The topological polar surface area (TPSA) is 24.1 Å². The van der Waals surface area contributed by atoms with E-state index in [2.05, 4.69) is 194 Å². The van der Waals surface area contributed by atoms with Crippen molar-refractivity contribution >= 4 is 53.6 Å². The van der Waals surface area contributed by atoms with E-state index < -0.39 is 16.1 Å². The van der Waals surface area contributed by atoms with Crippen molar-refractivity contribution in [2.24, 2.45) is 0 Å². The van der Waals surface area contributed by atoms with Crippen LogP contribution in [0.25, 0.3) is 21.5 Å². The van der Waals surface area contributed by atoms with Gasteiger partial charge in [-0.15, -0.1) is 17.5 Å². The molecule has 46 heavy (non-hydrogen) atoms. The molecule has 4 aromatic rings. The molecule has 0 saturated heterocycles. The summed E-state index contributed by atoms with van der Waals surface area (Å²) < 4.78 is 0. The largest absolute Gasteiger partial charge is 0.307 e. The second-order valence-corrected chi connectivity index (χ2v) is 23.1. The van der Waals surface area contributed by atoms with Crippen molar-refractivity contribution in [1.82, 2.24) is 10.6 Å². The maximum atomic E-state index is 5.12. The smallest absolute Gasteiger partial charge is 0.129 e. The average Bonchev–Trinajstić information content (AvgIpc) is 3.02. The highest BCUT2D eigenvalue weighted by atomic mass is 79.9. The molecule has 0 aliphatic rings. The van der Waals surface area contributed by atoms with E-state index in [0.717, 1.165) is 13.1 Å². The van der Waals surface area contributed by atoms with Gasteiger partial charge in [0.05, 0.1) is 0 Å². The molecule has 0 saturated carbocycles. The summed E-state index contributed by atoms with van der Waals surface area (Å²) in [7, 11) is -2.36. The van der Waals surface area contributed by atoms with Crippen LogP contribution in [0.15, 0.2) is 108 Å². The van der Waals surface area contributed by atoms with Crippen LogP contribution in [-0.2, 0) is 0 Å². The fraction of sp³-hybridized carbons (Fsp3) is 0.317. The number of terminal acetylenes is 1. The Kier molecular flexibility index (Phi) is 18.5. The lowest BCUT2D eigenvalue weighted by molar-refractivity contribution is 0.621. The van der Waals surface area contributed by atoms with E-state index in [9.17, 15) is 0 Å². The van der Waals surface area contributed by atoms with Crippen molar-refractivity contribution < 1.29 is 0 Å². The Balaban J connectivity index is 0.000000392. The minimum atomic E-state index is -1.26. The first-order chi connectivity index (χ1) is 21.4. The molecule has 2 N–H and O–H groups in total. The quantitative estimate of drug-likeness (QED) is 0.140. The molecule has 0 aromatic heterocycles. The molecule has 0 unspecified atom stereocenters. The maximum Gasteiger partial charge on any atom is 0.129 e. The number of hydrogen-bond acceptors (Lipinski definition) is 2. The molecule has 0 bridgehead atoms. The van der Waals surface area contributed by atoms with Crippen molar-refractivity contribution in [3.8, 4) is 23.4 Å². The zero-order valence-corrected chi connectivity index (χ0v) is 32.0. The van der Waals surface area contributed by atoms with Crippen LogP contribution in [0.4, 0.5) is 0 Å². The van der Waals surface area contributed by atoms with Gasteiger partial charge in [0.25, 0.3) is 0 Å². The molecule has 0 fully saturated rings. The summed E-state index contributed by atoms with van der Waals surface area (Å²) in [4.78, 5) is 1.88. The second kappa shape index (κ2) is 20.9. The molecule has 5 heteroatoms. The summed E-state index contributed by atoms with van der Waals surface area (Å²) in [5.41, 5.74) is 8.78. The third-order valence-electron chi connectivity index (χ3n) is 6.83. The molecule has 0 spiro atoms. The Hall–Kier alpha value is -3.17. The van der Waals surface area contributed by atoms with Gasteiger partial charge in [-0.05, 0) is 57.6 Å². The Morgan fingerprint density at radius 3 is 1.50 bits per heavy atom. The van der Waals surface area contributed by atoms with Crippen molar-refractivity contribution in [3.63, 3.8) is 0 Å². The Bertz CT molecular complexity index is 1630. The maximum absolute atomic E-state index is 5.12. The van der Waals surface area contributed by atoms with Gasteiger partial charge in [-0.2, -0.15) is 0 Å². The molecular weight excluding hydrogens is 657 g/mol. The number of halogens is 1. The van der Waals surface area contributed by atoms with Crippen molar-refractivity contribution in [1.29, 1.82) is 0 Å². The van der Waals surface area contributed by atoms with E-state index in [0.29, 0.717) is 12.1 Å². The van der Waals surface area contributed by atoms with Gasteiger partial charge < -0.3 is 10.6 Å². The lowest BCUT2D eigenvalue weighted by atomic mass is 10.00. The molecule has 0 amide bonds. The van der Waals surface area contributed by atoms with Gasteiger partial charge in [0.2, 0.25) is 0 Å². The summed E-state index contributed by atoms with van der Waals surface area (Å²) in [6, 6.07) is 30.7. The van der Waals surface area contributed by atoms with E-state index in [1.165, 1.54) is 32.7 Å². The monoisotopic (exact) mass is 710 g/mol. The fourth-order valence-electron chi connectivity index (χ4n) is 4.39. The molecule has 0 heterocycles. The summed E-state index contributed by atoms with van der Waals surface area (Å²) in [6.45, 7) is 19.3. The van der Waals surface area contributed by atoms with Crippen LogP contribution in [0.5, 0.6) is 0 Å². The highest BCUT2D eigenvalue weighted by Crippen LogP contribution is 2.25. The van der Waals surface area contributed by atoms with Crippen LogP contribution in [-0.4, -0.2) is 29.2 Å². The van der Waals surface area contributed by atoms with Crippen LogP contribution >= 0.6 is 15.9 Å². The average molecular weight is 712 g/mol. The van der Waals surface area contributed by atoms with Gasteiger partial charge in [-0.1, -0.05) is 166 Å². The minimum absolute atomic E-state index is 0. The zero-order chi connectivity index (χ0) is 33.3. The molecule has 2 nitrogen and oxygen atoms in total. The standard InChI is InChI=1S/C20H25NSi.C15H16BrN.C5H10Si.CH4/c1-17(21-15-8-5-9-16-22(2,3)4)19-14-10-12-18-11-6-7-13-20(18)19;1-12(17-11-5-10-16)14-9-4-7-13-6-2-3-8-15(13)14;1-5-6(2,3)4;/h5-8,10-14,17,21H,15H2,1-4H3;2-10,12,17H,11H2,1H3;1H,2-4H3;1H4/b8-5+;10-5+;;/t17-;12-;;/m11../s1. The fourth-order valence-corrected chi connectivity index (χ4v) is 5.09. The predicted molar refractivity (Wildman–Crippen MR) is 218 cm³/mol. The van der Waals surface area contributed by atoms with Gasteiger partial charge >= 0.3 is 0 Å². The lowest BCUT2D eigenvalue weighted by Gasteiger charge is -2.15. The van der Waals surface area contributed by atoms with Crippen LogP contribution in [0, 0.1) is 23.4 Å². The van der Waals surface area contributed by atoms with E-state index in [4.69, 9.17) is 6.42 Å². The van der Waals surface area contributed by atoms with Crippen molar-refractivity contribution in [2.75, 3.05) is 13.1 Å². The first-order valence-corrected chi connectivity index (χ1v) is 23.6. The van der Waals surface area contributed by atoms with E-state index in [1.54, 1.807) is 0 Å². The minimum Gasteiger partial charge on any atom is -0.307 e. The number of benzene rings is 4. The number of fused-ring (bicyclic) bond motifs is 2. The van der Waals surface area contributed by atoms with E-state index >= 15 is 0 Å². The second-order valence-electron chi connectivity index (χ2n) is 13.1. The van der Waals surface area contributed by atoms with Crippen LogP contribution in [0.1, 0.15) is 44.5 Å². The van der Waals surface area contributed by atoms with Gasteiger partial charge in [0.15, 0.2) is 0 Å². The number of hydrogen-bond donors (Lipinski definition) is 2. The van der Waals surface area contributed by atoms with E-state index in [-0.39, 0.29) is 7.43 Å². The number of rotatable bonds is 8.